The first-order chi connectivity index (χ1) is 15.5. The molecule has 4 rings (SSSR count). The fourth-order valence-corrected chi connectivity index (χ4v) is 3.81. The number of rotatable bonds is 7. The van der Waals surface area contributed by atoms with E-state index in [1.165, 1.54) is 4.90 Å². The van der Waals surface area contributed by atoms with Crippen LogP contribution in [0.1, 0.15) is 17.5 Å². The van der Waals surface area contributed by atoms with Crippen LogP contribution in [0.5, 0.6) is 11.5 Å². The van der Waals surface area contributed by atoms with Gasteiger partial charge in [0.15, 0.2) is 0 Å². The molecule has 0 fully saturated rings. The van der Waals surface area contributed by atoms with Crippen LogP contribution in [0.15, 0.2) is 48.5 Å². The molecule has 0 aliphatic carbocycles. The number of fused-ring (bicyclic) bond motifs is 1. The number of anilines is 1. The lowest BCUT2D eigenvalue weighted by Gasteiger charge is -2.26. The summed E-state index contributed by atoms with van der Waals surface area (Å²) in [7, 11) is 3.15. The molecule has 166 valence electrons. The summed E-state index contributed by atoms with van der Waals surface area (Å²) in [6, 6.07) is 15.3. The Bertz CT molecular complexity index is 1150. The molecule has 2 aromatic carbocycles. The van der Waals surface area contributed by atoms with Gasteiger partial charge in [0, 0.05) is 36.2 Å². The molecular formula is C24H26N4O4. The molecule has 0 unspecified atom stereocenters. The predicted molar refractivity (Wildman–Crippen MR) is 121 cm³/mol. The van der Waals surface area contributed by atoms with Gasteiger partial charge in [-0.25, -0.2) is 4.68 Å². The minimum atomic E-state index is -0.261. The van der Waals surface area contributed by atoms with Gasteiger partial charge >= 0.3 is 0 Å². The van der Waals surface area contributed by atoms with E-state index in [0.29, 0.717) is 30.3 Å². The molecule has 1 aliphatic heterocycles. The fraction of sp³-hybridized carbons (Fsp3) is 0.292. The summed E-state index contributed by atoms with van der Waals surface area (Å²) in [5.74, 6) is 1.58. The number of ether oxygens (including phenoxy) is 2. The second-order valence-electron chi connectivity index (χ2n) is 7.61. The van der Waals surface area contributed by atoms with Crippen molar-refractivity contribution in [1.29, 1.82) is 0 Å². The van der Waals surface area contributed by atoms with E-state index >= 15 is 0 Å². The molecule has 1 aliphatic rings. The number of nitrogens with zero attached hydrogens (tertiary/aromatic N) is 3. The Labute approximate surface area is 186 Å². The van der Waals surface area contributed by atoms with Crippen LogP contribution in [0.25, 0.3) is 11.3 Å². The zero-order valence-corrected chi connectivity index (χ0v) is 18.4. The van der Waals surface area contributed by atoms with Gasteiger partial charge < -0.3 is 14.8 Å². The van der Waals surface area contributed by atoms with Crippen molar-refractivity contribution in [3.8, 4) is 22.8 Å². The molecule has 8 heteroatoms. The van der Waals surface area contributed by atoms with Crippen LogP contribution in [-0.2, 0) is 22.7 Å². The van der Waals surface area contributed by atoms with Gasteiger partial charge in [-0.3, -0.25) is 14.5 Å². The van der Waals surface area contributed by atoms with Gasteiger partial charge in [-0.2, -0.15) is 5.10 Å². The van der Waals surface area contributed by atoms with E-state index in [1.54, 1.807) is 25.0 Å². The minimum Gasteiger partial charge on any atom is -0.497 e. The molecule has 1 aromatic heterocycles. The molecule has 1 N–H and O–H groups in total. The Morgan fingerprint density at radius 2 is 1.94 bits per heavy atom. The first-order valence-corrected chi connectivity index (χ1v) is 10.4. The average Bonchev–Trinajstić information content (AvgIpc) is 3.24. The van der Waals surface area contributed by atoms with Gasteiger partial charge in [0.2, 0.25) is 11.8 Å². The molecule has 0 saturated carbocycles. The lowest BCUT2D eigenvalue weighted by Crippen LogP contribution is -2.44. The highest BCUT2D eigenvalue weighted by Gasteiger charge is 2.28. The lowest BCUT2D eigenvalue weighted by atomic mass is 10.1. The number of carbonyl (C=O) groups is 2. The van der Waals surface area contributed by atoms with Crippen molar-refractivity contribution in [2.24, 2.45) is 0 Å². The third kappa shape index (κ3) is 4.30. The van der Waals surface area contributed by atoms with E-state index in [-0.39, 0.29) is 24.9 Å². The van der Waals surface area contributed by atoms with Gasteiger partial charge in [0.05, 0.1) is 26.5 Å². The summed E-state index contributed by atoms with van der Waals surface area (Å²) in [4.78, 5) is 26.8. The highest BCUT2D eigenvalue weighted by atomic mass is 16.5. The summed E-state index contributed by atoms with van der Waals surface area (Å²) < 4.78 is 12.4. The SMILES string of the molecule is COc1ccc(CNC(=O)CN2C(=O)CCn3nc(-c4ccccc4C)cc32)c(OC)c1. The summed E-state index contributed by atoms with van der Waals surface area (Å²) in [6.07, 6.45) is 0.307. The Morgan fingerprint density at radius 3 is 2.69 bits per heavy atom. The normalized spacial score (nSPS) is 13.0. The van der Waals surface area contributed by atoms with E-state index in [2.05, 4.69) is 10.4 Å². The van der Waals surface area contributed by atoms with Crippen molar-refractivity contribution in [2.45, 2.75) is 26.4 Å². The second kappa shape index (κ2) is 9.13. The largest absolute Gasteiger partial charge is 0.497 e. The number of nitrogens with one attached hydrogen (secondary N) is 1. The van der Waals surface area contributed by atoms with E-state index in [9.17, 15) is 9.59 Å². The summed E-state index contributed by atoms with van der Waals surface area (Å²) in [6.45, 7) is 2.73. The number of methoxy groups -OCH3 is 2. The minimum absolute atomic E-state index is 0.0732. The highest BCUT2D eigenvalue weighted by molar-refractivity contribution is 5.99. The van der Waals surface area contributed by atoms with E-state index in [1.807, 2.05) is 49.4 Å². The number of hydrogen-bond donors (Lipinski definition) is 1. The number of carbonyl (C=O) groups excluding carboxylic acids is 2. The van der Waals surface area contributed by atoms with Crippen molar-refractivity contribution in [2.75, 3.05) is 25.7 Å². The number of amides is 2. The maximum absolute atomic E-state index is 12.7. The third-order valence-electron chi connectivity index (χ3n) is 5.57. The van der Waals surface area contributed by atoms with E-state index in [4.69, 9.17) is 9.47 Å². The molecule has 0 spiro atoms. The number of aromatic nitrogens is 2. The van der Waals surface area contributed by atoms with Crippen LogP contribution in [0.4, 0.5) is 5.82 Å². The van der Waals surface area contributed by atoms with Gasteiger partial charge in [0.1, 0.15) is 23.9 Å². The van der Waals surface area contributed by atoms with Crippen LogP contribution in [0.3, 0.4) is 0 Å². The van der Waals surface area contributed by atoms with Crippen molar-refractivity contribution in [1.82, 2.24) is 15.1 Å². The van der Waals surface area contributed by atoms with E-state index < -0.39 is 0 Å². The highest BCUT2D eigenvalue weighted by Crippen LogP contribution is 2.29. The Kier molecular flexibility index (Phi) is 6.11. The van der Waals surface area contributed by atoms with Gasteiger partial charge in [-0.1, -0.05) is 24.3 Å². The van der Waals surface area contributed by atoms with Crippen molar-refractivity contribution in [3.05, 3.63) is 59.7 Å². The Balaban J connectivity index is 1.48. The predicted octanol–water partition coefficient (Wildman–Crippen LogP) is 2.93. The van der Waals surface area contributed by atoms with Crippen LogP contribution in [0, 0.1) is 6.92 Å². The van der Waals surface area contributed by atoms with Gasteiger partial charge in [-0.15, -0.1) is 0 Å². The molecule has 2 heterocycles. The first kappa shape index (κ1) is 21.4. The second-order valence-corrected chi connectivity index (χ2v) is 7.61. The standard InChI is InChI=1S/C24H26N4O4/c1-16-6-4-5-7-19(16)20-13-23-27(24(30)10-11-28(23)26-20)15-22(29)25-14-17-8-9-18(31-2)12-21(17)32-3/h4-9,12-13H,10-11,14-15H2,1-3H3,(H,25,29). The third-order valence-corrected chi connectivity index (χ3v) is 5.57. The molecule has 8 nitrogen and oxygen atoms in total. The molecule has 3 aromatic rings. The number of hydrogen-bond acceptors (Lipinski definition) is 5. The monoisotopic (exact) mass is 434 g/mol. The smallest absolute Gasteiger partial charge is 0.240 e. The van der Waals surface area contributed by atoms with Crippen LogP contribution in [0.2, 0.25) is 0 Å². The molecule has 2 amide bonds. The summed E-state index contributed by atoms with van der Waals surface area (Å²) in [5.41, 5.74) is 3.73. The van der Waals surface area contributed by atoms with E-state index in [0.717, 1.165) is 22.4 Å². The molecule has 0 radical (unpaired) electrons. The number of aryl methyl sites for hydroxylation is 2. The van der Waals surface area contributed by atoms with Gasteiger partial charge in [0.25, 0.3) is 0 Å². The quantitative estimate of drug-likeness (QED) is 0.618. The topological polar surface area (TPSA) is 85.7 Å². The van der Waals surface area contributed by atoms with Crippen LogP contribution >= 0.6 is 0 Å². The maximum atomic E-state index is 12.7. The molecule has 32 heavy (non-hydrogen) atoms. The Hall–Kier alpha value is -3.81. The first-order valence-electron chi connectivity index (χ1n) is 10.4. The average molecular weight is 434 g/mol. The summed E-state index contributed by atoms with van der Waals surface area (Å²) >= 11 is 0. The lowest BCUT2D eigenvalue weighted by molar-refractivity contribution is -0.124. The molecule has 0 bridgehead atoms. The molecule has 0 saturated heterocycles. The zero-order chi connectivity index (χ0) is 22.7. The van der Waals surface area contributed by atoms with Crippen molar-refractivity contribution in [3.63, 3.8) is 0 Å². The van der Waals surface area contributed by atoms with Crippen molar-refractivity contribution < 1.29 is 19.1 Å². The van der Waals surface area contributed by atoms with Crippen LogP contribution < -0.4 is 19.7 Å². The zero-order valence-electron chi connectivity index (χ0n) is 18.4. The summed E-state index contributed by atoms with van der Waals surface area (Å²) in [5, 5.41) is 7.54. The fourth-order valence-electron chi connectivity index (χ4n) is 3.81. The maximum Gasteiger partial charge on any atom is 0.240 e. The van der Waals surface area contributed by atoms with Crippen molar-refractivity contribution >= 4 is 17.6 Å². The molecular weight excluding hydrogens is 408 g/mol. The Morgan fingerprint density at radius 1 is 1.12 bits per heavy atom. The van der Waals surface area contributed by atoms with Gasteiger partial charge in [-0.05, 0) is 24.6 Å². The number of benzene rings is 2. The van der Waals surface area contributed by atoms with Crippen LogP contribution in [-0.4, -0.2) is 42.4 Å². The molecule has 0 atom stereocenters.